The van der Waals surface area contributed by atoms with Crippen LogP contribution in [0.3, 0.4) is 0 Å². The van der Waals surface area contributed by atoms with Gasteiger partial charge in [0.25, 0.3) is 0 Å². The average Bonchev–Trinajstić information content (AvgIpc) is 3.02. The molecule has 0 radical (unpaired) electrons. The summed E-state index contributed by atoms with van der Waals surface area (Å²) in [4.78, 5) is 17.4. The van der Waals surface area contributed by atoms with E-state index in [0.29, 0.717) is 11.6 Å². The van der Waals surface area contributed by atoms with Crippen molar-refractivity contribution in [3.63, 3.8) is 0 Å². The van der Waals surface area contributed by atoms with Gasteiger partial charge in [-0.25, -0.2) is 4.98 Å². The van der Waals surface area contributed by atoms with E-state index in [4.69, 9.17) is 11.6 Å². The quantitative estimate of drug-likeness (QED) is 0.657. The van der Waals surface area contributed by atoms with Gasteiger partial charge in [0.1, 0.15) is 0 Å². The first-order valence-electron chi connectivity index (χ1n) is 7.88. The van der Waals surface area contributed by atoms with Gasteiger partial charge in [-0.3, -0.25) is 4.79 Å². The number of nitrogens with one attached hydrogen (secondary N) is 2. The Morgan fingerprint density at radius 1 is 1.20 bits per heavy atom. The second-order valence-electron chi connectivity index (χ2n) is 5.67. The molecule has 25 heavy (non-hydrogen) atoms. The van der Waals surface area contributed by atoms with Crippen molar-refractivity contribution >= 4 is 39.7 Å². The Balaban J connectivity index is 1.54. The van der Waals surface area contributed by atoms with E-state index in [1.807, 2.05) is 55.5 Å². The van der Waals surface area contributed by atoms with Crippen molar-refractivity contribution in [3.8, 4) is 0 Å². The number of hydrogen-bond donors (Lipinski definition) is 2. The van der Waals surface area contributed by atoms with Gasteiger partial charge in [-0.05, 0) is 36.2 Å². The SMILES string of the molecule is Cc1cccc(NCC(=O)Nc2ncc(Cc3ccccc3Cl)s2)c1. The van der Waals surface area contributed by atoms with E-state index in [0.717, 1.165) is 26.7 Å². The van der Waals surface area contributed by atoms with E-state index in [1.165, 1.54) is 11.3 Å². The maximum atomic E-state index is 12.1. The number of rotatable bonds is 6. The summed E-state index contributed by atoms with van der Waals surface area (Å²) in [6, 6.07) is 15.6. The maximum absolute atomic E-state index is 12.1. The number of nitrogens with zero attached hydrogens (tertiary/aromatic N) is 1. The first-order chi connectivity index (χ1) is 12.1. The molecule has 0 saturated heterocycles. The molecular weight excluding hydrogens is 354 g/mol. The molecule has 1 aromatic heterocycles. The van der Waals surface area contributed by atoms with Crippen LogP contribution in [0.15, 0.2) is 54.7 Å². The summed E-state index contributed by atoms with van der Waals surface area (Å²) in [6.45, 7) is 2.21. The molecule has 0 atom stereocenters. The molecule has 1 heterocycles. The fraction of sp³-hybridized carbons (Fsp3) is 0.158. The molecule has 128 valence electrons. The van der Waals surface area contributed by atoms with Crippen LogP contribution in [-0.4, -0.2) is 17.4 Å². The standard InChI is InChI=1S/C19H18ClN3OS/c1-13-5-4-7-15(9-13)21-12-18(24)23-19-22-11-16(25-19)10-14-6-2-3-8-17(14)20/h2-9,11,21H,10,12H2,1H3,(H,22,23,24). The Morgan fingerprint density at radius 2 is 2.04 bits per heavy atom. The van der Waals surface area contributed by atoms with Gasteiger partial charge in [-0.2, -0.15) is 0 Å². The third-order valence-corrected chi connectivity index (χ3v) is 4.88. The summed E-state index contributed by atoms with van der Waals surface area (Å²) >= 11 is 7.64. The molecule has 2 aromatic carbocycles. The normalized spacial score (nSPS) is 10.5. The van der Waals surface area contributed by atoms with E-state index in [9.17, 15) is 4.79 Å². The predicted octanol–water partition coefficient (Wildman–Crippen LogP) is 4.75. The van der Waals surface area contributed by atoms with Gasteiger partial charge in [0.15, 0.2) is 5.13 Å². The monoisotopic (exact) mass is 371 g/mol. The summed E-state index contributed by atoms with van der Waals surface area (Å²) in [7, 11) is 0. The number of benzene rings is 2. The number of anilines is 2. The lowest BCUT2D eigenvalue weighted by Gasteiger charge is -2.06. The summed E-state index contributed by atoms with van der Waals surface area (Å²) in [5.41, 5.74) is 3.12. The molecule has 0 fully saturated rings. The molecule has 3 aromatic rings. The number of carbonyl (C=O) groups excluding carboxylic acids is 1. The minimum atomic E-state index is -0.125. The number of halogens is 1. The van der Waals surface area contributed by atoms with E-state index in [1.54, 1.807) is 6.20 Å². The van der Waals surface area contributed by atoms with Crippen LogP contribution in [0.25, 0.3) is 0 Å². The van der Waals surface area contributed by atoms with Crippen LogP contribution in [0.1, 0.15) is 16.0 Å². The van der Waals surface area contributed by atoms with Crippen LogP contribution < -0.4 is 10.6 Å². The van der Waals surface area contributed by atoms with Crippen molar-refractivity contribution in [1.29, 1.82) is 0 Å². The van der Waals surface area contributed by atoms with Crippen LogP contribution in [0.2, 0.25) is 5.02 Å². The largest absolute Gasteiger partial charge is 0.376 e. The van der Waals surface area contributed by atoms with Gasteiger partial charge in [0, 0.05) is 28.2 Å². The lowest BCUT2D eigenvalue weighted by atomic mass is 10.1. The molecular formula is C19H18ClN3OS. The second-order valence-corrected chi connectivity index (χ2v) is 7.19. The zero-order valence-corrected chi connectivity index (χ0v) is 15.3. The van der Waals surface area contributed by atoms with Crippen molar-refractivity contribution in [1.82, 2.24) is 4.98 Å². The highest BCUT2D eigenvalue weighted by Gasteiger charge is 2.08. The fourth-order valence-corrected chi connectivity index (χ4v) is 3.43. The average molecular weight is 372 g/mol. The zero-order chi connectivity index (χ0) is 17.6. The molecule has 3 rings (SSSR count). The number of thiazole rings is 1. The van der Waals surface area contributed by atoms with E-state index in [2.05, 4.69) is 15.6 Å². The summed E-state index contributed by atoms with van der Waals surface area (Å²) < 4.78 is 0. The minimum Gasteiger partial charge on any atom is -0.376 e. The third kappa shape index (κ3) is 5.05. The minimum absolute atomic E-state index is 0.125. The summed E-state index contributed by atoms with van der Waals surface area (Å²) in [5.74, 6) is -0.125. The smallest absolute Gasteiger partial charge is 0.245 e. The Kier molecular flexibility index (Phi) is 5.68. The van der Waals surface area contributed by atoms with Crippen LogP contribution >= 0.6 is 22.9 Å². The van der Waals surface area contributed by atoms with E-state index < -0.39 is 0 Å². The molecule has 6 heteroatoms. The lowest BCUT2D eigenvalue weighted by molar-refractivity contribution is -0.114. The van der Waals surface area contributed by atoms with Crippen LogP contribution in [0.4, 0.5) is 10.8 Å². The first-order valence-corrected chi connectivity index (χ1v) is 9.08. The Hall–Kier alpha value is -2.37. The highest BCUT2D eigenvalue weighted by Crippen LogP contribution is 2.24. The van der Waals surface area contributed by atoms with Crippen molar-refractivity contribution in [3.05, 3.63) is 75.8 Å². The number of carbonyl (C=O) groups is 1. The zero-order valence-electron chi connectivity index (χ0n) is 13.8. The van der Waals surface area contributed by atoms with Crippen molar-refractivity contribution in [2.75, 3.05) is 17.2 Å². The maximum Gasteiger partial charge on any atom is 0.245 e. The molecule has 0 aliphatic rings. The number of aromatic nitrogens is 1. The molecule has 2 N–H and O–H groups in total. The molecule has 0 saturated carbocycles. The van der Waals surface area contributed by atoms with Gasteiger partial charge in [-0.15, -0.1) is 11.3 Å². The van der Waals surface area contributed by atoms with Gasteiger partial charge in [0.2, 0.25) is 5.91 Å². The van der Waals surface area contributed by atoms with Crippen molar-refractivity contribution in [2.24, 2.45) is 0 Å². The Bertz CT molecular complexity index is 878. The molecule has 1 amide bonds. The van der Waals surface area contributed by atoms with Crippen molar-refractivity contribution < 1.29 is 4.79 Å². The first kappa shape index (κ1) is 17.5. The third-order valence-electron chi connectivity index (χ3n) is 3.59. The number of aryl methyl sites for hydroxylation is 1. The topological polar surface area (TPSA) is 54.0 Å². The number of hydrogen-bond acceptors (Lipinski definition) is 4. The molecule has 0 spiro atoms. The molecule has 0 aliphatic carbocycles. The molecule has 4 nitrogen and oxygen atoms in total. The molecule has 0 aliphatic heterocycles. The van der Waals surface area contributed by atoms with Crippen molar-refractivity contribution in [2.45, 2.75) is 13.3 Å². The summed E-state index contributed by atoms with van der Waals surface area (Å²) in [6.07, 6.45) is 2.48. The Labute approximate surface area is 155 Å². The summed E-state index contributed by atoms with van der Waals surface area (Å²) in [5, 5.41) is 7.26. The van der Waals surface area contributed by atoms with Gasteiger partial charge < -0.3 is 10.6 Å². The molecule has 0 bridgehead atoms. The van der Waals surface area contributed by atoms with E-state index >= 15 is 0 Å². The van der Waals surface area contributed by atoms with Gasteiger partial charge in [0.05, 0.1) is 6.54 Å². The van der Waals surface area contributed by atoms with Gasteiger partial charge >= 0.3 is 0 Å². The number of amides is 1. The highest BCUT2D eigenvalue weighted by molar-refractivity contribution is 7.15. The van der Waals surface area contributed by atoms with Crippen LogP contribution in [0.5, 0.6) is 0 Å². The predicted molar refractivity (Wildman–Crippen MR) is 105 cm³/mol. The van der Waals surface area contributed by atoms with Gasteiger partial charge in [-0.1, -0.05) is 41.9 Å². The Morgan fingerprint density at radius 3 is 2.84 bits per heavy atom. The lowest BCUT2D eigenvalue weighted by Crippen LogP contribution is -2.21. The second kappa shape index (κ2) is 8.14. The van der Waals surface area contributed by atoms with Crippen LogP contribution in [0, 0.1) is 6.92 Å². The highest BCUT2D eigenvalue weighted by atomic mass is 35.5. The molecule has 0 unspecified atom stereocenters. The van der Waals surface area contributed by atoms with Crippen LogP contribution in [-0.2, 0) is 11.2 Å². The fourth-order valence-electron chi connectivity index (χ4n) is 2.38. The van der Waals surface area contributed by atoms with E-state index in [-0.39, 0.29) is 12.5 Å².